The van der Waals surface area contributed by atoms with E-state index in [0.717, 1.165) is 11.8 Å². The Morgan fingerprint density at radius 1 is 1.42 bits per heavy atom. The number of benzene rings is 1. The van der Waals surface area contributed by atoms with Gasteiger partial charge in [-0.15, -0.1) is 0 Å². The summed E-state index contributed by atoms with van der Waals surface area (Å²) in [5.74, 6) is 0. The van der Waals surface area contributed by atoms with Gasteiger partial charge in [0.25, 0.3) is 0 Å². The number of hydrogen-bond donors (Lipinski definition) is 0. The van der Waals surface area contributed by atoms with Crippen LogP contribution in [0.2, 0.25) is 0 Å². The standard InChI is InChI=1S/C9H8NOS/c1-12-8-5-3-2-4-7(8)10-9(12)6-11/h2-6H,1H3/q+1. The van der Waals surface area contributed by atoms with Crippen molar-refractivity contribution in [1.29, 1.82) is 0 Å². The molecule has 0 N–H and O–H groups in total. The Labute approximate surface area is 72.8 Å². The smallest absolute Gasteiger partial charge is 0.291 e. The zero-order valence-electron chi connectivity index (χ0n) is 6.65. The van der Waals surface area contributed by atoms with Gasteiger partial charge in [0.2, 0.25) is 11.0 Å². The van der Waals surface area contributed by atoms with Crippen molar-refractivity contribution >= 4 is 27.0 Å². The summed E-state index contributed by atoms with van der Waals surface area (Å²) in [7, 11) is -0.104. The van der Waals surface area contributed by atoms with Gasteiger partial charge in [-0.2, -0.15) is 4.98 Å². The highest BCUT2D eigenvalue weighted by molar-refractivity contribution is 7.36. The molecule has 2 aromatic rings. The highest BCUT2D eigenvalue weighted by Gasteiger charge is 2.16. The molecule has 0 radical (unpaired) electrons. The highest BCUT2D eigenvalue weighted by Crippen LogP contribution is 2.29. The lowest BCUT2D eigenvalue weighted by atomic mass is 10.3. The van der Waals surface area contributed by atoms with Gasteiger partial charge in [0.05, 0.1) is 0 Å². The van der Waals surface area contributed by atoms with Crippen LogP contribution >= 0.6 is 10.5 Å². The predicted octanol–water partition coefficient (Wildman–Crippen LogP) is 2.33. The fourth-order valence-corrected chi connectivity index (χ4v) is 2.52. The Hall–Kier alpha value is -1.22. The molecule has 0 fully saturated rings. The van der Waals surface area contributed by atoms with Crippen LogP contribution in [-0.2, 0) is 6.26 Å². The van der Waals surface area contributed by atoms with Crippen LogP contribution in [0.3, 0.4) is 0 Å². The van der Waals surface area contributed by atoms with E-state index in [-0.39, 0.29) is 10.5 Å². The number of thiazole rings is 1. The molecule has 12 heavy (non-hydrogen) atoms. The lowest BCUT2D eigenvalue weighted by Gasteiger charge is -1.78. The van der Waals surface area contributed by atoms with Crippen molar-refractivity contribution in [3.63, 3.8) is 0 Å². The molecule has 1 unspecified atom stereocenters. The predicted molar refractivity (Wildman–Crippen MR) is 50.6 cm³/mol. The second kappa shape index (κ2) is 2.68. The summed E-state index contributed by atoms with van der Waals surface area (Å²) in [5.41, 5.74) is 0.949. The molecule has 0 aliphatic carbocycles. The number of para-hydroxylation sites is 1. The first-order chi connectivity index (χ1) is 5.83. The van der Waals surface area contributed by atoms with E-state index in [1.807, 2.05) is 30.5 Å². The van der Waals surface area contributed by atoms with Crippen molar-refractivity contribution in [3.05, 3.63) is 29.3 Å². The van der Waals surface area contributed by atoms with Crippen LogP contribution < -0.4 is 0 Å². The molecule has 0 saturated heterocycles. The van der Waals surface area contributed by atoms with Gasteiger partial charge >= 0.3 is 5.01 Å². The quantitative estimate of drug-likeness (QED) is 0.495. The van der Waals surface area contributed by atoms with Crippen LogP contribution in [0.4, 0.5) is 0 Å². The van der Waals surface area contributed by atoms with Gasteiger partial charge in [0, 0.05) is 16.5 Å². The Balaban J connectivity index is 2.87. The molecule has 0 bridgehead atoms. The first kappa shape index (κ1) is 7.43. The molecule has 1 atom stereocenters. The molecule has 1 aromatic heterocycles. The molecule has 0 spiro atoms. The van der Waals surface area contributed by atoms with Gasteiger partial charge in [0.15, 0.2) is 0 Å². The molecule has 1 heterocycles. The minimum atomic E-state index is -0.104. The summed E-state index contributed by atoms with van der Waals surface area (Å²) in [6, 6.07) is 7.88. The number of aromatic nitrogens is 1. The van der Waals surface area contributed by atoms with Crippen molar-refractivity contribution in [2.45, 2.75) is 0 Å². The zero-order valence-corrected chi connectivity index (χ0v) is 7.47. The van der Waals surface area contributed by atoms with Crippen molar-refractivity contribution in [2.75, 3.05) is 0 Å². The molecule has 2 nitrogen and oxygen atoms in total. The van der Waals surface area contributed by atoms with Crippen LogP contribution in [0, 0.1) is 0 Å². The summed E-state index contributed by atoms with van der Waals surface area (Å²) >= 11 is 0. The van der Waals surface area contributed by atoms with E-state index in [9.17, 15) is 4.79 Å². The third-order valence-electron chi connectivity index (χ3n) is 1.84. The normalized spacial score (nSPS) is 11.9. The molecule has 0 amide bonds. The maximum absolute atomic E-state index is 10.6. The van der Waals surface area contributed by atoms with Crippen molar-refractivity contribution in [1.82, 2.24) is 4.98 Å². The summed E-state index contributed by atoms with van der Waals surface area (Å²) in [5, 5.41) is 0.663. The fourth-order valence-electron chi connectivity index (χ4n) is 1.21. The monoisotopic (exact) mass is 178 g/mol. The van der Waals surface area contributed by atoms with E-state index in [1.54, 1.807) is 0 Å². The Bertz CT molecular complexity index is 433. The van der Waals surface area contributed by atoms with Gasteiger partial charge < -0.3 is 0 Å². The minimum Gasteiger partial charge on any atom is -0.291 e. The molecule has 60 valence electrons. The van der Waals surface area contributed by atoms with E-state index in [4.69, 9.17) is 0 Å². The first-order valence-corrected chi connectivity index (χ1v) is 5.25. The molecule has 1 aromatic carbocycles. The highest BCUT2D eigenvalue weighted by atomic mass is 32.2. The van der Waals surface area contributed by atoms with E-state index in [1.165, 1.54) is 4.70 Å². The topological polar surface area (TPSA) is 30.0 Å². The number of nitrogens with zero attached hydrogens (tertiary/aromatic N) is 1. The lowest BCUT2D eigenvalue weighted by molar-refractivity contribution is 0.112. The maximum atomic E-state index is 10.6. The average Bonchev–Trinajstić information content (AvgIpc) is 2.44. The molecule has 0 aliphatic heterocycles. The second-order valence-electron chi connectivity index (χ2n) is 2.55. The molecular formula is C9H8NOS+. The molecule has 0 aliphatic rings. The SMILES string of the molecule is C[s+]1c(C=O)nc2ccccc21. The van der Waals surface area contributed by atoms with E-state index < -0.39 is 0 Å². The zero-order chi connectivity index (χ0) is 8.55. The number of rotatable bonds is 1. The van der Waals surface area contributed by atoms with Gasteiger partial charge in [0.1, 0.15) is 11.8 Å². The van der Waals surface area contributed by atoms with Gasteiger partial charge in [-0.05, 0) is 6.07 Å². The maximum Gasteiger partial charge on any atom is 0.307 e. The van der Waals surface area contributed by atoms with E-state index in [2.05, 4.69) is 4.98 Å². The summed E-state index contributed by atoms with van der Waals surface area (Å²) in [6.07, 6.45) is 2.88. The Morgan fingerprint density at radius 2 is 2.17 bits per heavy atom. The minimum absolute atomic E-state index is 0.104. The Kier molecular flexibility index (Phi) is 1.66. The lowest BCUT2D eigenvalue weighted by Crippen LogP contribution is -1.75. The number of carbonyl (C=O) groups excluding carboxylic acids is 1. The van der Waals surface area contributed by atoms with Crippen molar-refractivity contribution in [3.8, 4) is 0 Å². The van der Waals surface area contributed by atoms with E-state index in [0.29, 0.717) is 5.01 Å². The van der Waals surface area contributed by atoms with Crippen LogP contribution in [0.5, 0.6) is 0 Å². The van der Waals surface area contributed by atoms with Gasteiger partial charge in [-0.1, -0.05) is 12.1 Å². The van der Waals surface area contributed by atoms with Crippen LogP contribution in [-0.4, -0.2) is 11.3 Å². The second-order valence-corrected chi connectivity index (χ2v) is 4.42. The third kappa shape index (κ3) is 0.940. The Morgan fingerprint density at radius 3 is 2.83 bits per heavy atom. The summed E-state index contributed by atoms with van der Waals surface area (Å²) in [4.78, 5) is 14.8. The largest absolute Gasteiger partial charge is 0.307 e. The number of aryl methyl sites for hydroxylation is 1. The summed E-state index contributed by atoms with van der Waals surface area (Å²) in [6.45, 7) is 0. The average molecular weight is 178 g/mol. The number of carbonyl (C=O) groups is 1. The van der Waals surface area contributed by atoms with Gasteiger partial charge in [-0.3, -0.25) is 4.79 Å². The number of aldehydes is 1. The van der Waals surface area contributed by atoms with Gasteiger partial charge in [-0.25, -0.2) is 0 Å². The molecule has 2 rings (SSSR count). The molecular weight excluding hydrogens is 170 g/mol. The van der Waals surface area contributed by atoms with Crippen LogP contribution in [0.1, 0.15) is 9.80 Å². The summed E-state index contributed by atoms with van der Waals surface area (Å²) < 4.78 is 1.18. The van der Waals surface area contributed by atoms with Crippen molar-refractivity contribution < 1.29 is 4.79 Å². The van der Waals surface area contributed by atoms with Crippen LogP contribution in [0.25, 0.3) is 10.2 Å². The van der Waals surface area contributed by atoms with E-state index >= 15 is 0 Å². The molecule has 3 heteroatoms. The number of fused-ring (bicyclic) bond motifs is 1. The fraction of sp³-hybridized carbons (Fsp3) is 0.111. The van der Waals surface area contributed by atoms with Crippen LogP contribution in [0.15, 0.2) is 24.3 Å². The third-order valence-corrected chi connectivity index (χ3v) is 3.66. The number of hydrogen-bond acceptors (Lipinski definition) is 2. The molecule has 0 saturated carbocycles. The first-order valence-electron chi connectivity index (χ1n) is 3.62. The van der Waals surface area contributed by atoms with Crippen molar-refractivity contribution in [2.24, 2.45) is 6.26 Å².